The van der Waals surface area contributed by atoms with Crippen LogP contribution in [0.5, 0.6) is 0 Å². The number of halogens is 4. The first-order valence-electron chi connectivity index (χ1n) is 10.9. The topological polar surface area (TPSA) is 87.2 Å². The summed E-state index contributed by atoms with van der Waals surface area (Å²) in [5, 5.41) is 0. The molecule has 0 unspecified atom stereocenters. The number of urea groups is 1. The lowest BCUT2D eigenvalue weighted by Crippen LogP contribution is -2.74. The summed E-state index contributed by atoms with van der Waals surface area (Å²) in [6.07, 6.45) is -3.74. The first kappa shape index (κ1) is 23.5. The number of likely N-dealkylation sites (tertiary alicyclic amines) is 2. The lowest BCUT2D eigenvalue weighted by molar-refractivity contribution is -0.140. The number of hydrogen-bond acceptors (Lipinski definition) is 5. The minimum absolute atomic E-state index is 0.0135. The first-order chi connectivity index (χ1) is 15.9. The van der Waals surface area contributed by atoms with Gasteiger partial charge < -0.3 is 14.5 Å². The van der Waals surface area contributed by atoms with E-state index in [-0.39, 0.29) is 49.6 Å². The molecule has 4 aliphatic rings. The number of ketones is 1. The molecule has 1 aromatic rings. The van der Waals surface area contributed by atoms with Crippen molar-refractivity contribution in [3.05, 3.63) is 29.6 Å². The van der Waals surface area contributed by atoms with E-state index in [1.165, 1.54) is 0 Å². The summed E-state index contributed by atoms with van der Waals surface area (Å²) in [6.45, 7) is 1.89. The molecule has 1 spiro atoms. The number of fused-ring (bicyclic) bond motifs is 1. The number of carbonyl (C=O) groups is 2. The van der Waals surface area contributed by atoms with E-state index in [1.807, 2.05) is 0 Å². The lowest BCUT2D eigenvalue weighted by atomic mass is 9.74. The van der Waals surface area contributed by atoms with Crippen LogP contribution in [0, 0.1) is 17.2 Å². The quantitative estimate of drug-likeness (QED) is 0.574. The van der Waals surface area contributed by atoms with Crippen LogP contribution in [0.4, 0.5) is 22.4 Å². The molecule has 4 fully saturated rings. The average Bonchev–Trinajstić information content (AvgIpc) is 2.69. The van der Waals surface area contributed by atoms with E-state index in [0.29, 0.717) is 51.2 Å². The van der Waals surface area contributed by atoms with E-state index in [4.69, 9.17) is 4.74 Å². The van der Waals surface area contributed by atoms with Crippen LogP contribution in [0.2, 0.25) is 0 Å². The highest BCUT2D eigenvalue weighted by molar-refractivity contribution is 7.89. The second kappa shape index (κ2) is 7.89. The number of benzene rings is 1. The van der Waals surface area contributed by atoms with Crippen molar-refractivity contribution in [2.45, 2.75) is 30.0 Å². The van der Waals surface area contributed by atoms with E-state index >= 15 is 0 Å². The van der Waals surface area contributed by atoms with Gasteiger partial charge in [-0.05, 0) is 24.6 Å². The van der Waals surface area contributed by atoms with Crippen molar-refractivity contribution < 1.29 is 40.3 Å². The van der Waals surface area contributed by atoms with Crippen molar-refractivity contribution in [1.82, 2.24) is 14.1 Å². The molecule has 186 valence electrons. The SMILES string of the molecule is O=C1CO[C@H]2CCN(C(=O)N3CC4(C3)CN(S(=O)(=O)c3ccc(C(F)(F)F)cc3F)C4)C[C@H]2C1. The molecular weight excluding hydrogens is 482 g/mol. The molecule has 0 N–H and O–H groups in total. The number of nitrogens with zero attached hydrogens (tertiary/aromatic N) is 3. The highest BCUT2D eigenvalue weighted by Crippen LogP contribution is 2.43. The molecule has 2 amide bonds. The standard InChI is InChI=1S/C21H23F4N3O5S/c22-16-6-14(21(23,24)25)1-2-18(16)34(31,32)28-11-20(12-28)9-27(10-20)19(30)26-4-3-17-13(7-26)5-15(29)8-33-17/h1-2,6,13,17H,3-5,7-12H2/t13-,17+/m1/s1. The van der Waals surface area contributed by atoms with Crippen molar-refractivity contribution in [3.8, 4) is 0 Å². The molecule has 5 rings (SSSR count). The Labute approximate surface area is 193 Å². The number of ether oxygens (including phenoxy) is 1. The van der Waals surface area contributed by atoms with Crippen LogP contribution >= 0.6 is 0 Å². The van der Waals surface area contributed by atoms with Crippen LogP contribution in [0.1, 0.15) is 18.4 Å². The second-order valence-corrected chi connectivity index (χ2v) is 11.5. The second-order valence-electron chi connectivity index (χ2n) is 9.64. The fourth-order valence-corrected chi connectivity index (χ4v) is 7.06. The maximum absolute atomic E-state index is 14.2. The maximum Gasteiger partial charge on any atom is 0.416 e. The number of alkyl halides is 3. The van der Waals surface area contributed by atoms with Gasteiger partial charge in [-0.25, -0.2) is 17.6 Å². The summed E-state index contributed by atoms with van der Waals surface area (Å²) < 4.78 is 84.4. The summed E-state index contributed by atoms with van der Waals surface area (Å²) in [4.78, 5) is 27.0. The number of carbonyl (C=O) groups excluding carboxylic acids is 2. The normalized spacial score (nSPS) is 27.2. The Morgan fingerprint density at radius 2 is 1.82 bits per heavy atom. The highest BCUT2D eigenvalue weighted by atomic mass is 32.2. The Balaban J connectivity index is 1.17. The Hall–Kier alpha value is -2.25. The van der Waals surface area contributed by atoms with Crippen molar-refractivity contribution in [2.24, 2.45) is 11.3 Å². The Kier molecular flexibility index (Phi) is 5.45. The number of amides is 2. The van der Waals surface area contributed by atoms with Gasteiger partial charge in [-0.1, -0.05) is 0 Å². The summed E-state index contributed by atoms with van der Waals surface area (Å²) in [7, 11) is -4.29. The van der Waals surface area contributed by atoms with E-state index in [2.05, 4.69) is 0 Å². The maximum atomic E-state index is 14.2. The van der Waals surface area contributed by atoms with E-state index in [9.17, 15) is 35.6 Å². The van der Waals surface area contributed by atoms with Crippen LogP contribution in [0.15, 0.2) is 23.1 Å². The minimum atomic E-state index is -4.78. The fourth-order valence-electron chi connectivity index (χ4n) is 5.35. The predicted molar refractivity (Wildman–Crippen MR) is 109 cm³/mol. The third kappa shape index (κ3) is 3.97. The third-order valence-electron chi connectivity index (χ3n) is 7.11. The van der Waals surface area contributed by atoms with Crippen molar-refractivity contribution in [2.75, 3.05) is 45.9 Å². The van der Waals surface area contributed by atoms with Crippen LogP contribution in [0.3, 0.4) is 0 Å². The summed E-state index contributed by atoms with van der Waals surface area (Å²) in [6, 6.07) is 1.19. The minimum Gasteiger partial charge on any atom is -0.370 e. The molecule has 0 aliphatic carbocycles. The van der Waals surface area contributed by atoms with Crippen LogP contribution in [-0.2, 0) is 25.7 Å². The number of Topliss-reactive ketones (excluding diaryl/α,β-unsaturated/α-hetero) is 1. The van der Waals surface area contributed by atoms with Crippen LogP contribution < -0.4 is 0 Å². The zero-order valence-electron chi connectivity index (χ0n) is 18.1. The molecule has 34 heavy (non-hydrogen) atoms. The van der Waals surface area contributed by atoms with Gasteiger partial charge in [0, 0.05) is 57.0 Å². The van der Waals surface area contributed by atoms with E-state index in [1.54, 1.807) is 9.80 Å². The smallest absolute Gasteiger partial charge is 0.370 e. The van der Waals surface area contributed by atoms with Gasteiger partial charge in [0.1, 0.15) is 17.3 Å². The van der Waals surface area contributed by atoms with Gasteiger partial charge in [-0.3, -0.25) is 4.79 Å². The molecule has 1 aromatic carbocycles. The summed E-state index contributed by atoms with van der Waals surface area (Å²) in [5.74, 6) is -1.44. The first-order valence-corrected chi connectivity index (χ1v) is 12.4. The molecule has 8 nitrogen and oxygen atoms in total. The third-order valence-corrected chi connectivity index (χ3v) is 8.93. The number of rotatable bonds is 2. The number of hydrogen-bond donors (Lipinski definition) is 0. The van der Waals surface area contributed by atoms with Crippen molar-refractivity contribution in [1.29, 1.82) is 0 Å². The van der Waals surface area contributed by atoms with Gasteiger partial charge in [0.05, 0.1) is 11.7 Å². The molecule has 2 atom stereocenters. The molecule has 4 aliphatic heterocycles. The zero-order chi connectivity index (χ0) is 24.5. The van der Waals surface area contributed by atoms with Gasteiger partial charge in [-0.15, -0.1) is 0 Å². The molecular formula is C21H23F4N3O5S. The largest absolute Gasteiger partial charge is 0.416 e. The molecule has 0 aromatic heterocycles. The van der Waals surface area contributed by atoms with Gasteiger partial charge in [-0.2, -0.15) is 17.5 Å². The molecule has 13 heteroatoms. The van der Waals surface area contributed by atoms with Gasteiger partial charge >= 0.3 is 12.2 Å². The molecule has 0 saturated carbocycles. The van der Waals surface area contributed by atoms with Crippen LogP contribution in [0.25, 0.3) is 0 Å². The van der Waals surface area contributed by atoms with Gasteiger partial charge in [0.25, 0.3) is 0 Å². The van der Waals surface area contributed by atoms with Crippen molar-refractivity contribution >= 4 is 21.8 Å². The van der Waals surface area contributed by atoms with E-state index < -0.39 is 37.9 Å². The number of piperidine rings is 1. The predicted octanol–water partition coefficient (Wildman–Crippen LogP) is 1.95. The zero-order valence-corrected chi connectivity index (χ0v) is 18.9. The highest BCUT2D eigenvalue weighted by Gasteiger charge is 2.57. The number of sulfonamides is 1. The Morgan fingerprint density at radius 3 is 2.47 bits per heavy atom. The van der Waals surface area contributed by atoms with Gasteiger partial charge in [0.15, 0.2) is 5.78 Å². The monoisotopic (exact) mass is 505 g/mol. The average molecular weight is 505 g/mol. The molecule has 4 heterocycles. The Morgan fingerprint density at radius 1 is 1.12 bits per heavy atom. The van der Waals surface area contributed by atoms with Crippen LogP contribution in [-0.4, -0.2) is 86.3 Å². The summed E-state index contributed by atoms with van der Waals surface area (Å²) >= 11 is 0. The fraction of sp³-hybridized carbons (Fsp3) is 0.619. The molecule has 0 bridgehead atoms. The van der Waals surface area contributed by atoms with E-state index in [0.717, 1.165) is 4.31 Å². The van der Waals surface area contributed by atoms with Gasteiger partial charge in [0.2, 0.25) is 10.0 Å². The molecule has 4 saturated heterocycles. The Bertz CT molecular complexity index is 1130. The van der Waals surface area contributed by atoms with Crippen molar-refractivity contribution in [3.63, 3.8) is 0 Å². The lowest BCUT2D eigenvalue weighted by Gasteiger charge is -2.60. The molecule has 0 radical (unpaired) electrons. The summed E-state index contributed by atoms with van der Waals surface area (Å²) in [5.41, 5.74) is -1.70.